The minimum atomic E-state index is -1.12. The summed E-state index contributed by atoms with van der Waals surface area (Å²) >= 11 is 0. The number of amides is 1. The Morgan fingerprint density at radius 2 is 1.72 bits per heavy atom. The van der Waals surface area contributed by atoms with Crippen molar-refractivity contribution in [2.24, 2.45) is 5.92 Å². The molecule has 1 aliphatic carbocycles. The van der Waals surface area contributed by atoms with Crippen LogP contribution in [-0.2, 0) is 9.59 Å². The lowest BCUT2D eigenvalue weighted by atomic mass is 9.85. The number of carboxylic acid groups (broad SMARTS) is 1. The summed E-state index contributed by atoms with van der Waals surface area (Å²) in [6, 6.07) is 0. The van der Waals surface area contributed by atoms with Gasteiger partial charge in [-0.05, 0) is 42.6 Å². The third-order valence-electron chi connectivity index (χ3n) is 4.12. The Bertz CT molecular complexity index is 661. The summed E-state index contributed by atoms with van der Waals surface area (Å²) in [5.41, 5.74) is 0.951. The van der Waals surface area contributed by atoms with Crippen molar-refractivity contribution in [3.8, 4) is 0 Å². The van der Waals surface area contributed by atoms with Gasteiger partial charge in [-0.2, -0.15) is 0 Å². The number of hydrogen-bond donors (Lipinski definition) is 1. The van der Waals surface area contributed by atoms with E-state index < -0.39 is 5.97 Å². The Morgan fingerprint density at radius 3 is 2.12 bits per heavy atom. The van der Waals surface area contributed by atoms with Crippen LogP contribution in [0.5, 0.6) is 0 Å². The van der Waals surface area contributed by atoms with Crippen LogP contribution in [0.15, 0.2) is 85.7 Å². The first-order valence-corrected chi connectivity index (χ1v) is 8.14. The van der Waals surface area contributed by atoms with Gasteiger partial charge in [-0.1, -0.05) is 57.0 Å². The van der Waals surface area contributed by atoms with Crippen LogP contribution in [0.25, 0.3) is 0 Å². The van der Waals surface area contributed by atoms with Gasteiger partial charge in [-0.25, -0.2) is 4.79 Å². The molecule has 132 valence electrons. The summed E-state index contributed by atoms with van der Waals surface area (Å²) in [5.74, 6) is -0.879. The van der Waals surface area contributed by atoms with Crippen LogP contribution in [0.4, 0.5) is 0 Å². The zero-order chi connectivity index (χ0) is 18.8. The molecule has 0 saturated heterocycles. The fourth-order valence-electron chi connectivity index (χ4n) is 2.40. The van der Waals surface area contributed by atoms with Crippen molar-refractivity contribution in [3.05, 3.63) is 85.7 Å². The molecule has 0 heterocycles. The van der Waals surface area contributed by atoms with Crippen molar-refractivity contribution in [3.63, 3.8) is 0 Å². The van der Waals surface area contributed by atoms with E-state index in [1.165, 1.54) is 42.4 Å². The van der Waals surface area contributed by atoms with Gasteiger partial charge in [-0.3, -0.25) is 4.79 Å². The molecule has 0 aromatic heterocycles. The number of allylic oxidation sites excluding steroid dienone is 4. The number of nitrogens with zero attached hydrogens (tertiary/aromatic N) is 1. The Balaban J connectivity index is 3.16. The SMILES string of the molecule is C=CC(=O)N(C/C(C=C)=C(/C=C)C(=O)O)/C(C=C)=C/C=C/C1CCC1. The first kappa shape index (κ1) is 20.2. The predicted molar refractivity (Wildman–Crippen MR) is 102 cm³/mol. The molecule has 0 aromatic rings. The molecule has 1 aliphatic rings. The van der Waals surface area contributed by atoms with Crippen LogP contribution in [0, 0.1) is 5.92 Å². The van der Waals surface area contributed by atoms with E-state index in [0.29, 0.717) is 17.2 Å². The van der Waals surface area contributed by atoms with Crippen molar-refractivity contribution in [1.29, 1.82) is 0 Å². The second-order valence-electron chi connectivity index (χ2n) is 5.65. The number of rotatable bonds is 10. The molecule has 4 heteroatoms. The molecule has 1 rings (SSSR count). The van der Waals surface area contributed by atoms with E-state index in [1.54, 1.807) is 12.2 Å². The molecule has 25 heavy (non-hydrogen) atoms. The first-order valence-electron chi connectivity index (χ1n) is 8.14. The van der Waals surface area contributed by atoms with Gasteiger partial charge in [0.25, 0.3) is 5.91 Å². The van der Waals surface area contributed by atoms with Crippen molar-refractivity contribution in [2.75, 3.05) is 6.54 Å². The number of carbonyl (C=O) groups excluding carboxylic acids is 1. The highest BCUT2D eigenvalue weighted by Crippen LogP contribution is 2.27. The predicted octanol–water partition coefficient (Wildman–Crippen LogP) is 4.18. The summed E-state index contributed by atoms with van der Waals surface area (Å²) in [7, 11) is 0. The molecule has 1 N–H and O–H groups in total. The van der Waals surface area contributed by atoms with E-state index in [9.17, 15) is 14.7 Å². The number of aliphatic carboxylic acids is 1. The van der Waals surface area contributed by atoms with Gasteiger partial charge in [0.1, 0.15) is 0 Å². The fraction of sp³-hybridized carbons (Fsp3) is 0.238. The topological polar surface area (TPSA) is 57.6 Å². The van der Waals surface area contributed by atoms with Crippen molar-refractivity contribution in [1.82, 2.24) is 4.90 Å². The lowest BCUT2D eigenvalue weighted by molar-refractivity contribution is -0.132. The van der Waals surface area contributed by atoms with Gasteiger partial charge < -0.3 is 10.0 Å². The highest BCUT2D eigenvalue weighted by atomic mass is 16.4. The molecule has 0 atom stereocenters. The molecule has 0 radical (unpaired) electrons. The Labute approximate surface area is 149 Å². The molecule has 0 bridgehead atoms. The van der Waals surface area contributed by atoms with Crippen LogP contribution >= 0.6 is 0 Å². The lowest BCUT2D eigenvalue weighted by Crippen LogP contribution is -2.30. The fourth-order valence-corrected chi connectivity index (χ4v) is 2.40. The molecule has 1 fully saturated rings. The average molecular weight is 339 g/mol. The van der Waals surface area contributed by atoms with Gasteiger partial charge in [0, 0.05) is 5.70 Å². The van der Waals surface area contributed by atoms with Crippen molar-refractivity contribution < 1.29 is 14.7 Å². The maximum atomic E-state index is 12.3. The molecular weight excluding hydrogens is 314 g/mol. The molecule has 1 amide bonds. The zero-order valence-corrected chi connectivity index (χ0v) is 14.5. The summed E-state index contributed by atoms with van der Waals surface area (Å²) in [6.07, 6.45) is 14.8. The number of carboxylic acids is 1. The van der Waals surface area contributed by atoms with Gasteiger partial charge in [0.05, 0.1) is 12.1 Å². The summed E-state index contributed by atoms with van der Waals surface area (Å²) in [6.45, 7) is 14.5. The third kappa shape index (κ3) is 5.60. The smallest absolute Gasteiger partial charge is 0.336 e. The molecule has 1 saturated carbocycles. The number of hydrogen-bond acceptors (Lipinski definition) is 2. The minimum Gasteiger partial charge on any atom is -0.478 e. The molecule has 4 nitrogen and oxygen atoms in total. The Kier molecular flexibility index (Phi) is 8.13. The quantitative estimate of drug-likeness (QED) is 0.480. The average Bonchev–Trinajstić information content (AvgIpc) is 2.56. The van der Waals surface area contributed by atoms with E-state index in [4.69, 9.17) is 0 Å². The zero-order valence-electron chi connectivity index (χ0n) is 14.5. The van der Waals surface area contributed by atoms with Crippen LogP contribution in [0.3, 0.4) is 0 Å². The van der Waals surface area contributed by atoms with Gasteiger partial charge in [0.2, 0.25) is 0 Å². The molecular formula is C21H25NO3. The monoisotopic (exact) mass is 339 g/mol. The van der Waals surface area contributed by atoms with E-state index in [0.717, 1.165) is 0 Å². The first-order chi connectivity index (χ1) is 12.0. The van der Waals surface area contributed by atoms with Crippen molar-refractivity contribution in [2.45, 2.75) is 19.3 Å². The normalized spacial score (nSPS) is 15.8. The van der Waals surface area contributed by atoms with Crippen molar-refractivity contribution >= 4 is 11.9 Å². The maximum Gasteiger partial charge on any atom is 0.336 e. The summed E-state index contributed by atoms with van der Waals surface area (Å²) < 4.78 is 0. The Morgan fingerprint density at radius 1 is 1.04 bits per heavy atom. The lowest BCUT2D eigenvalue weighted by Gasteiger charge is -2.24. The second kappa shape index (κ2) is 10.1. The highest BCUT2D eigenvalue weighted by Gasteiger charge is 2.18. The summed E-state index contributed by atoms with van der Waals surface area (Å²) in [5, 5.41) is 9.27. The standard InChI is InChI=1S/C21H25NO3/c1-5-17(19(7-3)21(24)25)15-22(20(23)8-4)18(6-2)14-10-13-16-11-9-12-16/h5-8,10,13-14,16H,1-4,9,11-12,15H2,(H,24,25)/b13-10+,18-14+,19-17-. The third-order valence-corrected chi connectivity index (χ3v) is 4.12. The van der Waals surface area contributed by atoms with E-state index in [-0.39, 0.29) is 18.0 Å². The van der Waals surface area contributed by atoms with Crippen LogP contribution in [0.1, 0.15) is 19.3 Å². The molecule has 0 unspecified atom stereocenters. The van der Waals surface area contributed by atoms with E-state index >= 15 is 0 Å². The minimum absolute atomic E-state index is 0.00489. The molecule has 0 aliphatic heterocycles. The van der Waals surface area contributed by atoms with Crippen LogP contribution in [0.2, 0.25) is 0 Å². The Hall–Kier alpha value is -2.88. The van der Waals surface area contributed by atoms with Crippen LogP contribution in [-0.4, -0.2) is 28.4 Å². The van der Waals surface area contributed by atoms with E-state index in [1.807, 2.05) is 6.08 Å². The molecule has 0 spiro atoms. The van der Waals surface area contributed by atoms with Crippen LogP contribution < -0.4 is 0 Å². The molecule has 0 aromatic carbocycles. The number of carbonyl (C=O) groups is 2. The van der Waals surface area contributed by atoms with Gasteiger partial charge in [-0.15, -0.1) is 0 Å². The highest BCUT2D eigenvalue weighted by molar-refractivity contribution is 5.92. The maximum absolute atomic E-state index is 12.3. The van der Waals surface area contributed by atoms with Gasteiger partial charge in [0.15, 0.2) is 0 Å². The summed E-state index contributed by atoms with van der Waals surface area (Å²) in [4.78, 5) is 25.0. The second-order valence-corrected chi connectivity index (χ2v) is 5.65. The van der Waals surface area contributed by atoms with Gasteiger partial charge >= 0.3 is 5.97 Å². The van der Waals surface area contributed by atoms with E-state index in [2.05, 4.69) is 32.4 Å². The largest absolute Gasteiger partial charge is 0.478 e.